The number of halogens is 1. The van der Waals surface area contributed by atoms with Gasteiger partial charge in [0.05, 0.1) is 20.3 Å². The lowest BCUT2D eigenvalue weighted by atomic mass is 10.0. The third-order valence-electron chi connectivity index (χ3n) is 4.96. The van der Waals surface area contributed by atoms with Crippen LogP contribution in [0.3, 0.4) is 0 Å². The minimum absolute atomic E-state index is 0.251. The molecule has 2 aromatic carbocycles. The maximum atomic E-state index is 14.1. The summed E-state index contributed by atoms with van der Waals surface area (Å²) in [7, 11) is 4.92. The van der Waals surface area contributed by atoms with E-state index in [1.54, 1.807) is 20.3 Å². The van der Waals surface area contributed by atoms with Crippen molar-refractivity contribution in [2.75, 3.05) is 34.4 Å². The number of ether oxygens (including phenoxy) is 3. The normalized spacial score (nSPS) is 17.9. The van der Waals surface area contributed by atoms with Crippen LogP contribution in [0.15, 0.2) is 36.4 Å². The van der Waals surface area contributed by atoms with Crippen LogP contribution in [0, 0.1) is 5.82 Å². The first-order chi connectivity index (χ1) is 12.6. The van der Waals surface area contributed by atoms with Gasteiger partial charge in [-0.15, -0.1) is 0 Å². The molecule has 0 N–H and O–H groups in total. The van der Waals surface area contributed by atoms with Gasteiger partial charge in [0, 0.05) is 25.8 Å². The van der Waals surface area contributed by atoms with E-state index in [-0.39, 0.29) is 17.7 Å². The average molecular weight is 359 g/mol. The summed E-state index contributed by atoms with van der Waals surface area (Å²) in [5.74, 6) is 0.741. The maximum absolute atomic E-state index is 14.1. The van der Waals surface area contributed by atoms with Crippen molar-refractivity contribution in [3.63, 3.8) is 0 Å². The van der Waals surface area contributed by atoms with Gasteiger partial charge in [0.1, 0.15) is 5.75 Å². The summed E-state index contributed by atoms with van der Waals surface area (Å²) in [5.41, 5.74) is 2.88. The van der Waals surface area contributed by atoms with Crippen LogP contribution in [0.5, 0.6) is 11.5 Å². The van der Waals surface area contributed by atoms with E-state index in [4.69, 9.17) is 14.2 Å². The van der Waals surface area contributed by atoms with Crippen LogP contribution in [0.4, 0.5) is 4.39 Å². The highest BCUT2D eigenvalue weighted by molar-refractivity contribution is 5.66. The molecule has 140 valence electrons. The lowest BCUT2D eigenvalue weighted by molar-refractivity contribution is 0.0283. The zero-order chi connectivity index (χ0) is 18.5. The quantitative estimate of drug-likeness (QED) is 0.776. The second-order valence-corrected chi connectivity index (χ2v) is 6.61. The molecular formula is C21H26FNO3. The van der Waals surface area contributed by atoms with Gasteiger partial charge in [-0.05, 0) is 54.8 Å². The first-order valence-corrected chi connectivity index (χ1v) is 8.90. The highest BCUT2D eigenvalue weighted by Gasteiger charge is 2.20. The van der Waals surface area contributed by atoms with Crippen LogP contribution in [0.2, 0.25) is 0 Å². The van der Waals surface area contributed by atoms with E-state index in [1.165, 1.54) is 13.2 Å². The zero-order valence-electron chi connectivity index (χ0n) is 15.6. The van der Waals surface area contributed by atoms with Crippen molar-refractivity contribution in [1.82, 2.24) is 4.90 Å². The Labute approximate surface area is 154 Å². The molecule has 0 aliphatic carbocycles. The second-order valence-electron chi connectivity index (χ2n) is 6.61. The Bertz CT molecular complexity index is 750. The summed E-state index contributed by atoms with van der Waals surface area (Å²) < 4.78 is 30.1. The molecule has 2 aromatic rings. The number of rotatable bonds is 6. The number of hydrogen-bond acceptors (Lipinski definition) is 4. The van der Waals surface area contributed by atoms with Gasteiger partial charge >= 0.3 is 0 Å². The fourth-order valence-corrected chi connectivity index (χ4v) is 3.52. The lowest BCUT2D eigenvalue weighted by Crippen LogP contribution is -2.38. The summed E-state index contributed by atoms with van der Waals surface area (Å²) in [6.45, 7) is 2.75. The molecule has 3 rings (SSSR count). The molecule has 0 saturated carbocycles. The van der Waals surface area contributed by atoms with Crippen molar-refractivity contribution in [3.8, 4) is 22.6 Å². The number of likely N-dealkylation sites (tertiary alicyclic amines) is 1. The van der Waals surface area contributed by atoms with Crippen LogP contribution >= 0.6 is 0 Å². The van der Waals surface area contributed by atoms with Crippen molar-refractivity contribution in [3.05, 3.63) is 47.8 Å². The Hall–Kier alpha value is -2.11. The molecule has 0 amide bonds. The Morgan fingerprint density at radius 3 is 2.35 bits per heavy atom. The number of nitrogens with zero attached hydrogens (tertiary/aromatic N) is 1. The topological polar surface area (TPSA) is 30.9 Å². The number of piperidine rings is 1. The van der Waals surface area contributed by atoms with Gasteiger partial charge in [0.2, 0.25) is 0 Å². The van der Waals surface area contributed by atoms with Crippen molar-refractivity contribution in [2.45, 2.75) is 25.5 Å². The summed E-state index contributed by atoms with van der Waals surface area (Å²) in [6.07, 6.45) is 2.52. The van der Waals surface area contributed by atoms with Crippen LogP contribution in [-0.4, -0.2) is 45.4 Å². The van der Waals surface area contributed by atoms with Gasteiger partial charge in [-0.2, -0.15) is 0 Å². The van der Waals surface area contributed by atoms with E-state index in [9.17, 15) is 4.39 Å². The minimum atomic E-state index is -0.360. The standard InChI is InChI=1S/C21H26FNO3/c1-24-18-5-4-10-23(14-18)13-17-11-15(6-8-20(17)25-2)16-7-9-21(26-3)19(22)12-16/h6-9,11-12,18H,4-5,10,13-14H2,1-3H3. The molecule has 0 aromatic heterocycles. The lowest BCUT2D eigenvalue weighted by Gasteiger charge is -2.32. The molecular weight excluding hydrogens is 333 g/mol. The molecule has 0 bridgehead atoms. The van der Waals surface area contributed by atoms with Crippen molar-refractivity contribution >= 4 is 0 Å². The van der Waals surface area contributed by atoms with Crippen LogP contribution in [-0.2, 0) is 11.3 Å². The van der Waals surface area contributed by atoms with E-state index < -0.39 is 0 Å². The molecule has 26 heavy (non-hydrogen) atoms. The first-order valence-electron chi connectivity index (χ1n) is 8.90. The van der Waals surface area contributed by atoms with Crippen LogP contribution < -0.4 is 9.47 Å². The molecule has 1 heterocycles. The van der Waals surface area contributed by atoms with Gasteiger partial charge in [0.25, 0.3) is 0 Å². The summed E-state index contributed by atoms with van der Waals surface area (Å²) in [4.78, 5) is 2.38. The third-order valence-corrected chi connectivity index (χ3v) is 4.96. The Morgan fingerprint density at radius 1 is 1.00 bits per heavy atom. The van der Waals surface area contributed by atoms with Gasteiger partial charge in [-0.1, -0.05) is 12.1 Å². The predicted molar refractivity (Wildman–Crippen MR) is 100 cm³/mol. The van der Waals surface area contributed by atoms with Crippen molar-refractivity contribution < 1.29 is 18.6 Å². The Kier molecular flexibility index (Phi) is 6.12. The molecule has 1 aliphatic heterocycles. The molecule has 1 saturated heterocycles. The second kappa shape index (κ2) is 8.52. The van der Waals surface area contributed by atoms with Crippen LogP contribution in [0.25, 0.3) is 11.1 Å². The molecule has 0 radical (unpaired) electrons. The van der Waals surface area contributed by atoms with Gasteiger partial charge in [-0.25, -0.2) is 4.39 Å². The highest BCUT2D eigenvalue weighted by atomic mass is 19.1. The van der Waals surface area contributed by atoms with E-state index in [0.29, 0.717) is 0 Å². The van der Waals surface area contributed by atoms with E-state index in [0.717, 1.165) is 54.9 Å². The Balaban J connectivity index is 1.85. The molecule has 0 spiro atoms. The van der Waals surface area contributed by atoms with E-state index in [2.05, 4.69) is 11.0 Å². The van der Waals surface area contributed by atoms with Crippen LogP contribution in [0.1, 0.15) is 18.4 Å². The predicted octanol–water partition coefficient (Wildman–Crippen LogP) is 4.12. The highest BCUT2D eigenvalue weighted by Crippen LogP contribution is 2.30. The average Bonchev–Trinajstić information content (AvgIpc) is 2.68. The smallest absolute Gasteiger partial charge is 0.165 e. The van der Waals surface area contributed by atoms with Gasteiger partial charge in [0.15, 0.2) is 11.6 Å². The number of methoxy groups -OCH3 is 3. The minimum Gasteiger partial charge on any atom is -0.496 e. The molecule has 1 unspecified atom stereocenters. The molecule has 1 fully saturated rings. The summed E-state index contributed by atoms with van der Waals surface area (Å²) in [5, 5.41) is 0. The SMILES string of the molecule is COc1ccc(-c2ccc(OC)c(CN3CCCC(OC)C3)c2)cc1F. The largest absolute Gasteiger partial charge is 0.496 e. The Morgan fingerprint density at radius 2 is 1.69 bits per heavy atom. The van der Waals surface area contributed by atoms with Gasteiger partial charge in [-0.3, -0.25) is 4.90 Å². The summed E-state index contributed by atoms with van der Waals surface area (Å²) in [6, 6.07) is 11.0. The first kappa shape index (κ1) is 18.7. The fourth-order valence-electron chi connectivity index (χ4n) is 3.52. The number of benzene rings is 2. The van der Waals surface area contributed by atoms with E-state index >= 15 is 0 Å². The molecule has 5 heteroatoms. The molecule has 1 aliphatic rings. The molecule has 4 nitrogen and oxygen atoms in total. The maximum Gasteiger partial charge on any atom is 0.165 e. The monoisotopic (exact) mass is 359 g/mol. The number of hydrogen-bond donors (Lipinski definition) is 0. The van der Waals surface area contributed by atoms with E-state index in [1.807, 2.05) is 18.2 Å². The fraction of sp³-hybridized carbons (Fsp3) is 0.429. The van der Waals surface area contributed by atoms with Crippen molar-refractivity contribution in [1.29, 1.82) is 0 Å². The zero-order valence-corrected chi connectivity index (χ0v) is 15.6. The third kappa shape index (κ3) is 4.17. The summed E-state index contributed by atoms with van der Waals surface area (Å²) >= 11 is 0. The molecule has 1 atom stereocenters. The van der Waals surface area contributed by atoms with Gasteiger partial charge < -0.3 is 14.2 Å². The van der Waals surface area contributed by atoms with Crippen molar-refractivity contribution in [2.24, 2.45) is 0 Å².